The number of imide groups is 1. The molecule has 1 heterocycles. The van der Waals surface area contributed by atoms with Crippen LogP contribution in [0.2, 0.25) is 10.0 Å². The quantitative estimate of drug-likeness (QED) is 0.464. The predicted octanol–water partition coefficient (Wildman–Crippen LogP) is 4.42. The average molecular weight is 456 g/mol. The molecule has 4 atom stereocenters. The maximum Gasteiger partial charge on any atom is 0.237 e. The van der Waals surface area contributed by atoms with Crippen LogP contribution >= 0.6 is 55.1 Å². The van der Waals surface area contributed by atoms with Crippen LogP contribution in [0.15, 0.2) is 18.2 Å². The minimum absolute atomic E-state index is 0.182. The number of fused-ring (bicyclic) bond motifs is 1. The molecule has 1 aliphatic heterocycles. The van der Waals surface area contributed by atoms with Gasteiger partial charge < -0.3 is 0 Å². The number of anilines is 1. The monoisotopic (exact) mass is 453 g/mol. The van der Waals surface area contributed by atoms with Crippen LogP contribution in [0.3, 0.4) is 0 Å². The molecular weight excluding hydrogens is 445 g/mol. The second kappa shape index (κ2) is 5.84. The van der Waals surface area contributed by atoms with E-state index in [2.05, 4.69) is 31.9 Å². The standard InChI is InChI=1S/C14H11Br2Cl2NO2/c15-8-4-6-7(5-9(8)16)14(21)19(13(6)20)11-3-1-2-10(17)12(11)18/h1-3,6-9H,4-5H2/t6-,7+,8-,9-/m0/s1. The van der Waals surface area contributed by atoms with Crippen molar-refractivity contribution in [3.8, 4) is 0 Å². The fraction of sp³-hybridized carbons (Fsp3) is 0.429. The Balaban J connectivity index is 2.00. The summed E-state index contributed by atoms with van der Waals surface area (Å²) in [5.41, 5.74) is 0.380. The number of carbonyl (C=O) groups excluding carboxylic acids is 2. The van der Waals surface area contributed by atoms with E-state index in [1.807, 2.05) is 0 Å². The third kappa shape index (κ3) is 2.56. The third-order valence-electron chi connectivity index (χ3n) is 4.08. The molecule has 1 saturated heterocycles. The van der Waals surface area contributed by atoms with Crippen molar-refractivity contribution in [2.24, 2.45) is 11.8 Å². The van der Waals surface area contributed by atoms with Crippen molar-refractivity contribution in [1.29, 1.82) is 0 Å². The van der Waals surface area contributed by atoms with Crippen LogP contribution in [0.5, 0.6) is 0 Å². The fourth-order valence-corrected chi connectivity index (χ4v) is 4.61. The topological polar surface area (TPSA) is 37.4 Å². The van der Waals surface area contributed by atoms with E-state index in [1.165, 1.54) is 4.90 Å². The van der Waals surface area contributed by atoms with Crippen molar-refractivity contribution in [3.05, 3.63) is 28.2 Å². The lowest BCUT2D eigenvalue weighted by Crippen LogP contribution is -2.34. The molecule has 1 aromatic rings. The SMILES string of the molecule is O=C1[C@H]2C[C@H](Br)[C@@H](Br)C[C@H]2C(=O)N1c1cccc(Cl)c1Cl. The van der Waals surface area contributed by atoms with Crippen molar-refractivity contribution in [2.45, 2.75) is 22.5 Å². The second-order valence-electron chi connectivity index (χ2n) is 5.30. The van der Waals surface area contributed by atoms with Crippen molar-refractivity contribution < 1.29 is 9.59 Å². The van der Waals surface area contributed by atoms with Crippen LogP contribution in [0.25, 0.3) is 0 Å². The maximum absolute atomic E-state index is 12.6. The third-order valence-corrected chi connectivity index (χ3v) is 7.63. The first-order valence-electron chi connectivity index (χ1n) is 6.51. The van der Waals surface area contributed by atoms with E-state index < -0.39 is 0 Å². The predicted molar refractivity (Wildman–Crippen MR) is 90.6 cm³/mol. The number of benzene rings is 1. The van der Waals surface area contributed by atoms with E-state index >= 15 is 0 Å². The number of hydrogen-bond donors (Lipinski definition) is 0. The molecule has 1 aliphatic carbocycles. The van der Waals surface area contributed by atoms with Crippen LogP contribution in [0, 0.1) is 11.8 Å². The Morgan fingerprint density at radius 2 is 1.52 bits per heavy atom. The van der Waals surface area contributed by atoms with Gasteiger partial charge in [-0.25, -0.2) is 4.90 Å². The summed E-state index contributed by atoms with van der Waals surface area (Å²) < 4.78 is 0. The molecule has 1 saturated carbocycles. The van der Waals surface area contributed by atoms with Crippen molar-refractivity contribution in [1.82, 2.24) is 0 Å². The van der Waals surface area contributed by atoms with Gasteiger partial charge in [-0.3, -0.25) is 9.59 Å². The Kier molecular flexibility index (Phi) is 4.39. The first-order chi connectivity index (χ1) is 9.91. The lowest BCUT2D eigenvalue weighted by Gasteiger charge is -2.29. The van der Waals surface area contributed by atoms with Gasteiger partial charge in [0.25, 0.3) is 0 Å². The van der Waals surface area contributed by atoms with Crippen LogP contribution in [0.4, 0.5) is 5.69 Å². The number of alkyl halides is 2. The molecule has 2 aliphatic rings. The van der Waals surface area contributed by atoms with Crippen LogP contribution < -0.4 is 4.90 Å². The molecule has 2 fully saturated rings. The summed E-state index contributed by atoms with van der Waals surface area (Å²) in [7, 11) is 0. The molecule has 0 aromatic heterocycles. The number of amides is 2. The zero-order valence-electron chi connectivity index (χ0n) is 10.7. The molecule has 3 nitrogen and oxygen atoms in total. The molecular formula is C14H11Br2Cl2NO2. The largest absolute Gasteiger partial charge is 0.274 e. The first kappa shape index (κ1) is 15.8. The molecule has 1 aromatic carbocycles. The summed E-state index contributed by atoms with van der Waals surface area (Å²) in [6.07, 6.45) is 1.28. The lowest BCUT2D eigenvalue weighted by molar-refractivity contribution is -0.122. The zero-order chi connectivity index (χ0) is 15.3. The normalized spacial score (nSPS) is 32.5. The lowest BCUT2D eigenvalue weighted by atomic mass is 9.81. The van der Waals surface area contributed by atoms with Gasteiger partial charge in [0.05, 0.1) is 27.6 Å². The van der Waals surface area contributed by atoms with Crippen molar-refractivity contribution >= 4 is 72.6 Å². The highest BCUT2D eigenvalue weighted by atomic mass is 79.9. The Morgan fingerprint density at radius 3 is 2.05 bits per heavy atom. The van der Waals surface area contributed by atoms with Crippen LogP contribution in [-0.2, 0) is 9.59 Å². The molecule has 7 heteroatoms. The van der Waals surface area contributed by atoms with E-state index in [0.717, 1.165) is 0 Å². The minimum atomic E-state index is -0.286. The minimum Gasteiger partial charge on any atom is -0.274 e. The highest BCUT2D eigenvalue weighted by molar-refractivity contribution is 9.12. The molecule has 0 spiro atoms. The fourth-order valence-electron chi connectivity index (χ4n) is 3.00. The van der Waals surface area contributed by atoms with E-state index in [4.69, 9.17) is 23.2 Å². The molecule has 21 heavy (non-hydrogen) atoms. The van der Waals surface area contributed by atoms with Gasteiger partial charge in [-0.05, 0) is 25.0 Å². The number of carbonyl (C=O) groups is 2. The Morgan fingerprint density at radius 1 is 1.00 bits per heavy atom. The van der Waals surface area contributed by atoms with E-state index in [-0.39, 0.29) is 38.3 Å². The summed E-state index contributed by atoms with van der Waals surface area (Å²) in [5.74, 6) is -0.938. The summed E-state index contributed by atoms with van der Waals surface area (Å²) >= 11 is 19.3. The Bertz CT molecular complexity index is 597. The zero-order valence-corrected chi connectivity index (χ0v) is 15.4. The number of hydrogen-bond acceptors (Lipinski definition) is 2. The summed E-state index contributed by atoms with van der Waals surface area (Å²) in [5, 5.41) is 0.576. The molecule has 2 amide bonds. The highest BCUT2D eigenvalue weighted by Gasteiger charge is 2.52. The van der Waals surface area contributed by atoms with E-state index in [0.29, 0.717) is 23.6 Å². The van der Waals surface area contributed by atoms with Gasteiger partial charge in [0.2, 0.25) is 11.8 Å². The van der Waals surface area contributed by atoms with Crippen LogP contribution in [0.1, 0.15) is 12.8 Å². The van der Waals surface area contributed by atoms with Gasteiger partial charge >= 0.3 is 0 Å². The summed E-state index contributed by atoms with van der Waals surface area (Å²) in [4.78, 5) is 26.8. The summed E-state index contributed by atoms with van der Waals surface area (Å²) in [6, 6.07) is 4.97. The highest BCUT2D eigenvalue weighted by Crippen LogP contribution is 2.46. The molecule has 0 N–H and O–H groups in total. The van der Waals surface area contributed by atoms with E-state index in [1.54, 1.807) is 18.2 Å². The average Bonchev–Trinajstić information content (AvgIpc) is 2.67. The van der Waals surface area contributed by atoms with Crippen LogP contribution in [-0.4, -0.2) is 21.5 Å². The van der Waals surface area contributed by atoms with Crippen molar-refractivity contribution in [2.75, 3.05) is 4.90 Å². The number of halogens is 4. The maximum atomic E-state index is 12.6. The molecule has 3 rings (SSSR count). The molecule has 0 unspecified atom stereocenters. The first-order valence-corrected chi connectivity index (χ1v) is 9.10. The van der Waals surface area contributed by atoms with Crippen molar-refractivity contribution in [3.63, 3.8) is 0 Å². The van der Waals surface area contributed by atoms with Gasteiger partial charge in [0.15, 0.2) is 0 Å². The Hall–Kier alpha value is -0.100. The smallest absolute Gasteiger partial charge is 0.237 e. The van der Waals surface area contributed by atoms with E-state index in [9.17, 15) is 9.59 Å². The summed E-state index contributed by atoms with van der Waals surface area (Å²) in [6.45, 7) is 0. The molecule has 112 valence electrons. The number of rotatable bonds is 1. The number of nitrogens with zero attached hydrogens (tertiary/aromatic N) is 1. The van der Waals surface area contributed by atoms with Gasteiger partial charge in [0, 0.05) is 9.65 Å². The van der Waals surface area contributed by atoms with Gasteiger partial charge in [0.1, 0.15) is 0 Å². The molecule has 0 radical (unpaired) electrons. The molecule has 0 bridgehead atoms. The van der Waals surface area contributed by atoms with Gasteiger partial charge in [-0.1, -0.05) is 61.1 Å². The van der Waals surface area contributed by atoms with Gasteiger partial charge in [-0.2, -0.15) is 0 Å². The Labute approximate surface area is 149 Å². The second-order valence-corrected chi connectivity index (χ2v) is 8.44. The van der Waals surface area contributed by atoms with Gasteiger partial charge in [-0.15, -0.1) is 0 Å².